The smallest absolute Gasteiger partial charge is 0.0104 e. The van der Waals surface area contributed by atoms with Crippen molar-refractivity contribution in [1.82, 2.24) is 0 Å². The lowest BCUT2D eigenvalue weighted by Crippen LogP contribution is -2.04. The first-order valence-electron chi connectivity index (χ1n) is 7.09. The fraction of sp³-hybridized carbons (Fsp3) is 0.875. The molecule has 0 aromatic rings. The minimum atomic E-state index is 0.556. The van der Waals surface area contributed by atoms with Crippen molar-refractivity contribution in [2.45, 2.75) is 66.7 Å². The molecule has 0 bridgehead atoms. The topological polar surface area (TPSA) is 0 Å². The highest BCUT2D eigenvalue weighted by atomic mass is 14.5. The summed E-state index contributed by atoms with van der Waals surface area (Å²) in [5.74, 6) is 2.90. The van der Waals surface area contributed by atoms with E-state index >= 15 is 0 Å². The second-order valence-electron chi connectivity index (χ2n) is 7.21. The predicted molar refractivity (Wildman–Crippen MR) is 71.4 cm³/mol. The predicted octanol–water partition coefficient (Wildman–Crippen LogP) is 5.20. The van der Waals surface area contributed by atoms with Crippen LogP contribution in [0.5, 0.6) is 0 Å². The molecule has 2 aliphatic carbocycles. The van der Waals surface area contributed by atoms with E-state index in [1.807, 2.05) is 0 Å². The molecule has 2 aliphatic rings. The monoisotopic (exact) mass is 220 g/mol. The number of hydrogen-bond acceptors (Lipinski definition) is 0. The summed E-state index contributed by atoms with van der Waals surface area (Å²) in [5, 5.41) is 0. The molecule has 0 nitrogen and oxygen atoms in total. The van der Waals surface area contributed by atoms with E-state index in [2.05, 4.69) is 34.6 Å². The van der Waals surface area contributed by atoms with Crippen molar-refractivity contribution < 1.29 is 0 Å². The summed E-state index contributed by atoms with van der Waals surface area (Å²) in [6.45, 7) is 11.9. The van der Waals surface area contributed by atoms with Gasteiger partial charge in [-0.05, 0) is 62.2 Å². The molecule has 92 valence electrons. The Hall–Kier alpha value is -0.260. The summed E-state index contributed by atoms with van der Waals surface area (Å²) in [4.78, 5) is 0. The van der Waals surface area contributed by atoms with Crippen LogP contribution in [0.2, 0.25) is 0 Å². The Labute approximate surface area is 102 Å². The highest BCUT2D eigenvalue weighted by molar-refractivity contribution is 5.34. The molecule has 0 amide bonds. The number of allylic oxidation sites excluding steroid dienone is 2. The van der Waals surface area contributed by atoms with Gasteiger partial charge in [-0.15, -0.1) is 0 Å². The van der Waals surface area contributed by atoms with Crippen LogP contribution < -0.4 is 0 Å². The molecule has 0 heterocycles. The lowest BCUT2D eigenvalue weighted by atomic mass is 9.91. The van der Waals surface area contributed by atoms with Crippen LogP contribution in [0.4, 0.5) is 0 Å². The quantitative estimate of drug-likeness (QED) is 0.574. The Morgan fingerprint density at radius 3 is 2.38 bits per heavy atom. The molecule has 0 N–H and O–H groups in total. The van der Waals surface area contributed by atoms with Crippen molar-refractivity contribution in [2.75, 3.05) is 0 Å². The molecule has 2 unspecified atom stereocenters. The van der Waals surface area contributed by atoms with Crippen molar-refractivity contribution in [1.29, 1.82) is 0 Å². The fourth-order valence-electron chi connectivity index (χ4n) is 3.59. The third-order valence-electron chi connectivity index (χ3n) is 4.95. The summed E-state index contributed by atoms with van der Waals surface area (Å²) in [6.07, 6.45) is 7.20. The Balaban J connectivity index is 1.87. The van der Waals surface area contributed by atoms with E-state index in [9.17, 15) is 0 Å². The molecule has 16 heavy (non-hydrogen) atoms. The van der Waals surface area contributed by atoms with Crippen LogP contribution in [0.1, 0.15) is 66.7 Å². The molecule has 2 saturated carbocycles. The van der Waals surface area contributed by atoms with E-state index in [0.29, 0.717) is 5.41 Å². The lowest BCUT2D eigenvalue weighted by molar-refractivity contribution is 0.377. The van der Waals surface area contributed by atoms with Crippen LogP contribution in [0.3, 0.4) is 0 Å². The summed E-state index contributed by atoms with van der Waals surface area (Å²) in [7, 11) is 0. The van der Waals surface area contributed by atoms with Crippen LogP contribution in [0.25, 0.3) is 0 Å². The summed E-state index contributed by atoms with van der Waals surface area (Å²) in [6, 6.07) is 0. The molecule has 0 aliphatic heterocycles. The van der Waals surface area contributed by atoms with Gasteiger partial charge in [0, 0.05) is 0 Å². The Kier molecular flexibility index (Phi) is 3.20. The van der Waals surface area contributed by atoms with Crippen LogP contribution >= 0.6 is 0 Å². The maximum atomic E-state index is 2.39. The largest absolute Gasteiger partial charge is 0.0733 e. The maximum Gasteiger partial charge on any atom is -0.0104 e. The highest BCUT2D eigenvalue weighted by Crippen LogP contribution is 2.54. The summed E-state index contributed by atoms with van der Waals surface area (Å²) < 4.78 is 0. The third kappa shape index (κ3) is 2.52. The van der Waals surface area contributed by atoms with Gasteiger partial charge in [-0.2, -0.15) is 0 Å². The van der Waals surface area contributed by atoms with Gasteiger partial charge in [-0.1, -0.05) is 38.8 Å². The van der Waals surface area contributed by atoms with Crippen LogP contribution in [-0.4, -0.2) is 0 Å². The summed E-state index contributed by atoms with van der Waals surface area (Å²) in [5.41, 5.74) is 4.04. The van der Waals surface area contributed by atoms with E-state index < -0.39 is 0 Å². The summed E-state index contributed by atoms with van der Waals surface area (Å²) >= 11 is 0. The molecule has 0 heteroatoms. The van der Waals surface area contributed by atoms with E-state index in [1.54, 1.807) is 11.1 Å². The molecular formula is C16H28. The van der Waals surface area contributed by atoms with Gasteiger partial charge in [0.15, 0.2) is 0 Å². The molecule has 0 spiro atoms. The van der Waals surface area contributed by atoms with Crippen LogP contribution in [0.15, 0.2) is 11.1 Å². The van der Waals surface area contributed by atoms with Crippen molar-refractivity contribution in [3.63, 3.8) is 0 Å². The lowest BCUT2D eigenvalue weighted by Gasteiger charge is -2.15. The van der Waals surface area contributed by atoms with Gasteiger partial charge in [0.2, 0.25) is 0 Å². The maximum absolute atomic E-state index is 2.39. The molecule has 2 atom stereocenters. The highest BCUT2D eigenvalue weighted by Gasteiger charge is 2.40. The molecule has 2 fully saturated rings. The Morgan fingerprint density at radius 1 is 1.31 bits per heavy atom. The van der Waals surface area contributed by atoms with Gasteiger partial charge in [0.05, 0.1) is 0 Å². The van der Waals surface area contributed by atoms with E-state index in [-0.39, 0.29) is 0 Å². The zero-order chi connectivity index (χ0) is 11.9. The van der Waals surface area contributed by atoms with Gasteiger partial charge >= 0.3 is 0 Å². The van der Waals surface area contributed by atoms with Crippen LogP contribution in [-0.2, 0) is 0 Å². The van der Waals surface area contributed by atoms with Crippen molar-refractivity contribution in [3.8, 4) is 0 Å². The van der Waals surface area contributed by atoms with Crippen molar-refractivity contribution in [2.24, 2.45) is 23.2 Å². The van der Waals surface area contributed by atoms with Gasteiger partial charge in [0.1, 0.15) is 0 Å². The first-order valence-corrected chi connectivity index (χ1v) is 7.09. The molecular weight excluding hydrogens is 192 g/mol. The van der Waals surface area contributed by atoms with Gasteiger partial charge in [-0.25, -0.2) is 0 Å². The fourth-order valence-corrected chi connectivity index (χ4v) is 3.59. The van der Waals surface area contributed by atoms with E-state index in [0.717, 1.165) is 17.8 Å². The molecule has 2 rings (SSSR count). The minimum Gasteiger partial charge on any atom is -0.0733 e. The number of rotatable bonds is 3. The van der Waals surface area contributed by atoms with Gasteiger partial charge in [-0.3, -0.25) is 0 Å². The minimum absolute atomic E-state index is 0.556. The Bertz CT molecular complexity index is 293. The van der Waals surface area contributed by atoms with Gasteiger partial charge in [0.25, 0.3) is 0 Å². The second kappa shape index (κ2) is 4.20. The second-order valence-corrected chi connectivity index (χ2v) is 7.21. The first kappa shape index (κ1) is 12.2. The van der Waals surface area contributed by atoms with E-state index in [1.165, 1.54) is 32.1 Å². The molecule has 0 aromatic carbocycles. The molecule has 0 aromatic heterocycles. The zero-order valence-corrected chi connectivity index (χ0v) is 11.8. The molecule has 0 radical (unpaired) electrons. The first-order chi connectivity index (χ1) is 7.40. The van der Waals surface area contributed by atoms with Gasteiger partial charge < -0.3 is 0 Å². The SMILES string of the molecule is C/C(CC1CCC(C(C)C)C1)=C1\CC1(C)C. The Morgan fingerprint density at radius 2 is 1.94 bits per heavy atom. The number of hydrogen-bond donors (Lipinski definition) is 0. The van der Waals surface area contributed by atoms with Crippen LogP contribution in [0, 0.1) is 23.2 Å². The third-order valence-corrected chi connectivity index (χ3v) is 4.95. The normalized spacial score (nSPS) is 35.6. The zero-order valence-electron chi connectivity index (χ0n) is 11.8. The standard InChI is InChI=1S/C16H28/c1-11(2)14-7-6-13(9-14)8-12(3)15-10-16(15,4)5/h11,13-14H,6-10H2,1-5H3/b15-12-. The average molecular weight is 220 g/mol. The average Bonchev–Trinajstić information content (AvgIpc) is 2.62. The van der Waals surface area contributed by atoms with E-state index in [4.69, 9.17) is 0 Å². The molecule has 0 saturated heterocycles. The van der Waals surface area contributed by atoms with Crippen molar-refractivity contribution >= 4 is 0 Å². The van der Waals surface area contributed by atoms with Crippen molar-refractivity contribution in [3.05, 3.63) is 11.1 Å².